The fourth-order valence-corrected chi connectivity index (χ4v) is 3.71. The zero-order valence-electron chi connectivity index (χ0n) is 21.2. The van der Waals surface area contributed by atoms with Gasteiger partial charge in [-0.2, -0.15) is 0 Å². The van der Waals surface area contributed by atoms with Crippen molar-refractivity contribution in [3.8, 4) is 0 Å². The van der Waals surface area contributed by atoms with Gasteiger partial charge < -0.3 is 20.6 Å². The summed E-state index contributed by atoms with van der Waals surface area (Å²) in [7, 11) is 1.81. The molecule has 0 unspecified atom stereocenters. The fraction of sp³-hybridized carbons (Fsp3) is 0.773. The molecule has 0 bridgehead atoms. The molecule has 14 nitrogen and oxygen atoms in total. The molecule has 14 heteroatoms. The fourth-order valence-electron chi connectivity index (χ4n) is 3.71. The zero-order valence-corrected chi connectivity index (χ0v) is 21.2. The van der Waals surface area contributed by atoms with Crippen LogP contribution in [0.2, 0.25) is 0 Å². The summed E-state index contributed by atoms with van der Waals surface area (Å²) in [5.41, 5.74) is 0. The van der Waals surface area contributed by atoms with E-state index in [1.165, 1.54) is 0 Å². The highest BCUT2D eigenvalue weighted by Gasteiger charge is 2.21. The average molecular weight is 517 g/mol. The van der Waals surface area contributed by atoms with Crippen LogP contribution >= 0.6 is 0 Å². The van der Waals surface area contributed by atoms with Crippen molar-refractivity contribution in [1.82, 2.24) is 29.8 Å². The summed E-state index contributed by atoms with van der Waals surface area (Å²) >= 11 is 0. The van der Waals surface area contributed by atoms with Gasteiger partial charge in [0.15, 0.2) is 5.78 Å². The first-order valence-corrected chi connectivity index (χ1v) is 12.0. The van der Waals surface area contributed by atoms with Gasteiger partial charge in [0, 0.05) is 52.4 Å². The molecule has 4 N–H and O–H groups in total. The topological polar surface area (TPSA) is 174 Å². The number of rotatable bonds is 13. The quantitative estimate of drug-likeness (QED) is 0.196. The van der Waals surface area contributed by atoms with Crippen LogP contribution in [0.3, 0.4) is 0 Å². The number of hydrogen-bond donors (Lipinski definition) is 4. The Morgan fingerprint density at radius 1 is 0.667 bits per heavy atom. The number of likely N-dealkylation sites (N-methyl/N-ethyl adjacent to an activating group) is 1. The van der Waals surface area contributed by atoms with Crippen LogP contribution in [-0.4, -0.2) is 175 Å². The number of carboxylic acid groups (broad SMARTS) is 3. The monoisotopic (exact) mass is 516 g/mol. The van der Waals surface area contributed by atoms with Crippen LogP contribution < -0.4 is 5.32 Å². The van der Waals surface area contributed by atoms with Gasteiger partial charge in [-0.15, -0.1) is 0 Å². The molecule has 1 aliphatic heterocycles. The maximum absolute atomic E-state index is 12.5. The van der Waals surface area contributed by atoms with E-state index in [0.29, 0.717) is 58.9 Å². The summed E-state index contributed by atoms with van der Waals surface area (Å²) in [5, 5.41) is 30.4. The predicted octanol–water partition coefficient (Wildman–Crippen LogP) is -2.90. The number of carboxylic acids is 3. The highest BCUT2D eigenvalue weighted by molar-refractivity contribution is 5.87. The molecule has 0 aromatic rings. The van der Waals surface area contributed by atoms with Gasteiger partial charge in [0.25, 0.3) is 0 Å². The second kappa shape index (κ2) is 16.9. The van der Waals surface area contributed by atoms with Crippen molar-refractivity contribution in [2.45, 2.75) is 6.92 Å². The number of Topliss-reactive ketones (excluding diaryl/α,β-unsaturated/α-hetero) is 1. The first-order valence-electron chi connectivity index (χ1n) is 12.0. The minimum atomic E-state index is -1.02. The van der Waals surface area contributed by atoms with Gasteiger partial charge in [0.05, 0.1) is 39.3 Å². The molecule has 0 aliphatic carbocycles. The van der Waals surface area contributed by atoms with Gasteiger partial charge in [0.1, 0.15) is 0 Å². The molecule has 0 atom stereocenters. The third kappa shape index (κ3) is 14.7. The van der Waals surface area contributed by atoms with Crippen LogP contribution in [-0.2, 0) is 24.0 Å². The molecule has 206 valence electrons. The standard InChI is InChI=1S/C22H40N6O8/c1-3-24(2)13-18(29)12-23-19(30)14-25-4-6-26(15-20(31)32)8-10-28(17-22(35)36)11-9-27(7-5-25)16-21(33)34/h3-17H2,1-2H3,(H,23,30)(H,31,32)(H,33,34)(H,35,36). The Kier molecular flexibility index (Phi) is 14.7. The number of carbonyl (C=O) groups excluding carboxylic acids is 2. The Balaban J connectivity index is 2.87. The first kappa shape index (κ1) is 31.4. The Hall–Kier alpha value is -2.65. The third-order valence-corrected chi connectivity index (χ3v) is 5.84. The second-order valence-corrected chi connectivity index (χ2v) is 8.93. The molecule has 1 fully saturated rings. The third-order valence-electron chi connectivity index (χ3n) is 5.84. The van der Waals surface area contributed by atoms with Crippen LogP contribution in [0.15, 0.2) is 0 Å². The summed E-state index contributed by atoms with van der Waals surface area (Å²) in [4.78, 5) is 67.1. The zero-order chi connectivity index (χ0) is 27.1. The normalized spacial score (nSPS) is 17.8. The maximum Gasteiger partial charge on any atom is 0.317 e. The number of carbonyl (C=O) groups is 5. The van der Waals surface area contributed by atoms with Crippen molar-refractivity contribution >= 4 is 29.6 Å². The molecule has 1 amide bonds. The van der Waals surface area contributed by atoms with Crippen molar-refractivity contribution in [3.05, 3.63) is 0 Å². The lowest BCUT2D eigenvalue weighted by Gasteiger charge is -2.32. The van der Waals surface area contributed by atoms with E-state index in [2.05, 4.69) is 5.32 Å². The summed E-state index contributed by atoms with van der Waals surface area (Å²) in [6.45, 7) is 4.58. The van der Waals surface area contributed by atoms with Crippen LogP contribution in [0.5, 0.6) is 0 Å². The van der Waals surface area contributed by atoms with Gasteiger partial charge >= 0.3 is 17.9 Å². The van der Waals surface area contributed by atoms with E-state index in [4.69, 9.17) is 0 Å². The minimum Gasteiger partial charge on any atom is -0.480 e. The van der Waals surface area contributed by atoms with Crippen LogP contribution in [0, 0.1) is 0 Å². The van der Waals surface area contributed by atoms with Crippen molar-refractivity contribution < 1.29 is 39.3 Å². The first-order chi connectivity index (χ1) is 17.0. The summed E-state index contributed by atoms with van der Waals surface area (Å²) in [6, 6.07) is 0. The van der Waals surface area contributed by atoms with Crippen LogP contribution in [0.4, 0.5) is 0 Å². The molecule has 1 saturated heterocycles. The van der Waals surface area contributed by atoms with Gasteiger partial charge in [-0.1, -0.05) is 6.92 Å². The molecule has 36 heavy (non-hydrogen) atoms. The molecule has 0 aromatic heterocycles. The lowest BCUT2D eigenvalue weighted by molar-refractivity contribution is -0.140. The Morgan fingerprint density at radius 3 is 1.31 bits per heavy atom. The molecular weight excluding hydrogens is 476 g/mol. The van der Waals surface area contributed by atoms with E-state index < -0.39 is 17.9 Å². The number of amides is 1. The Bertz CT molecular complexity index is 720. The van der Waals surface area contributed by atoms with Crippen LogP contribution in [0.1, 0.15) is 6.92 Å². The molecular formula is C22H40N6O8. The highest BCUT2D eigenvalue weighted by Crippen LogP contribution is 2.01. The SMILES string of the molecule is CCN(C)CC(=O)CNC(=O)CN1CCN(CC(=O)O)CCN(CC(=O)O)CCN(CC(=O)O)CC1. The predicted molar refractivity (Wildman–Crippen MR) is 130 cm³/mol. The van der Waals surface area contributed by atoms with E-state index in [1.807, 2.05) is 18.9 Å². The van der Waals surface area contributed by atoms with E-state index in [-0.39, 0.29) is 51.0 Å². The van der Waals surface area contributed by atoms with Gasteiger partial charge in [-0.25, -0.2) is 0 Å². The number of aliphatic carboxylic acids is 3. The molecule has 0 spiro atoms. The van der Waals surface area contributed by atoms with Gasteiger partial charge in [-0.05, 0) is 13.6 Å². The lowest BCUT2D eigenvalue weighted by Crippen LogP contribution is -2.50. The maximum atomic E-state index is 12.5. The smallest absolute Gasteiger partial charge is 0.317 e. The summed E-state index contributed by atoms with van der Waals surface area (Å²) in [6.07, 6.45) is 0. The Labute approximate surface area is 211 Å². The number of nitrogens with zero attached hydrogens (tertiary/aromatic N) is 5. The van der Waals surface area contributed by atoms with Crippen molar-refractivity contribution in [1.29, 1.82) is 0 Å². The van der Waals surface area contributed by atoms with Crippen molar-refractivity contribution in [2.24, 2.45) is 0 Å². The molecule has 1 rings (SSSR count). The Morgan fingerprint density at radius 2 is 1.00 bits per heavy atom. The average Bonchev–Trinajstić information content (AvgIpc) is 2.78. The number of hydrogen-bond acceptors (Lipinski definition) is 10. The summed E-state index contributed by atoms with van der Waals surface area (Å²) in [5.74, 6) is -3.52. The van der Waals surface area contributed by atoms with Gasteiger partial charge in [-0.3, -0.25) is 48.5 Å². The lowest BCUT2D eigenvalue weighted by atomic mass is 10.3. The van der Waals surface area contributed by atoms with Crippen LogP contribution in [0.25, 0.3) is 0 Å². The number of ketones is 1. The molecule has 1 heterocycles. The molecule has 0 aromatic carbocycles. The second-order valence-electron chi connectivity index (χ2n) is 8.93. The molecule has 0 saturated carbocycles. The van der Waals surface area contributed by atoms with Crippen molar-refractivity contribution in [2.75, 3.05) is 105 Å². The number of nitrogens with one attached hydrogen (secondary N) is 1. The molecule has 1 aliphatic rings. The van der Waals surface area contributed by atoms with E-state index in [0.717, 1.165) is 0 Å². The molecule has 0 radical (unpaired) electrons. The highest BCUT2D eigenvalue weighted by atomic mass is 16.4. The largest absolute Gasteiger partial charge is 0.480 e. The van der Waals surface area contributed by atoms with Crippen molar-refractivity contribution in [3.63, 3.8) is 0 Å². The minimum absolute atomic E-state index is 0.0239. The summed E-state index contributed by atoms with van der Waals surface area (Å²) < 4.78 is 0. The van der Waals surface area contributed by atoms with E-state index in [1.54, 1.807) is 19.6 Å². The van der Waals surface area contributed by atoms with E-state index in [9.17, 15) is 39.3 Å². The van der Waals surface area contributed by atoms with E-state index >= 15 is 0 Å². The van der Waals surface area contributed by atoms with Gasteiger partial charge in [0.2, 0.25) is 5.91 Å².